The monoisotopic (exact) mass is 320 g/mol. The van der Waals surface area contributed by atoms with Crippen molar-refractivity contribution in [3.05, 3.63) is 29.3 Å². The summed E-state index contributed by atoms with van der Waals surface area (Å²) in [6.45, 7) is 2.16. The van der Waals surface area contributed by atoms with Crippen LogP contribution in [0.4, 0.5) is 0 Å². The summed E-state index contributed by atoms with van der Waals surface area (Å²) in [6, 6.07) is 5.22. The van der Waals surface area contributed by atoms with Crippen molar-refractivity contribution in [2.45, 2.75) is 6.92 Å². The number of hydrogen-bond donors (Lipinski definition) is 1. The smallest absolute Gasteiger partial charge is 0.265 e. The largest absolute Gasteiger partial charge is 0.493 e. The molecule has 1 fully saturated rings. The number of benzene rings is 1. The summed E-state index contributed by atoms with van der Waals surface area (Å²) in [5, 5.41) is 2.62. The molecule has 0 unspecified atom stereocenters. The Kier molecular flexibility index (Phi) is 4.77. The summed E-state index contributed by atoms with van der Waals surface area (Å²) in [5.74, 6) is 0.0170. The first-order valence-corrected chi connectivity index (χ1v) is 7.04. The molecule has 1 saturated heterocycles. The third-order valence-electron chi connectivity index (χ3n) is 3.24. The average molecular weight is 320 g/mol. The number of rotatable bonds is 4. The van der Waals surface area contributed by atoms with E-state index >= 15 is 0 Å². The summed E-state index contributed by atoms with van der Waals surface area (Å²) in [7, 11) is 3.01. The molecule has 7 heteroatoms. The maximum Gasteiger partial charge on any atom is 0.265 e. The highest BCUT2D eigenvalue weighted by Gasteiger charge is 2.32. The Hall–Kier alpha value is -2.41. The lowest BCUT2D eigenvalue weighted by Gasteiger charge is -2.27. The van der Waals surface area contributed by atoms with Crippen molar-refractivity contribution >= 4 is 35.2 Å². The van der Waals surface area contributed by atoms with Crippen LogP contribution >= 0.6 is 12.2 Å². The Morgan fingerprint density at radius 3 is 2.59 bits per heavy atom. The number of carbonyl (C=O) groups excluding carboxylic acids is 2. The number of carbonyl (C=O) groups is 2. The minimum atomic E-state index is -0.524. The minimum absolute atomic E-state index is 0.00185. The van der Waals surface area contributed by atoms with Crippen LogP contribution in [0.3, 0.4) is 0 Å². The summed E-state index contributed by atoms with van der Waals surface area (Å²) in [6.07, 6.45) is 1.48. The van der Waals surface area contributed by atoms with Crippen molar-refractivity contribution in [2.24, 2.45) is 0 Å². The highest BCUT2D eigenvalue weighted by Crippen LogP contribution is 2.32. The van der Waals surface area contributed by atoms with Gasteiger partial charge in [-0.25, -0.2) is 0 Å². The number of methoxy groups -OCH3 is 2. The Labute approximate surface area is 133 Å². The third-order valence-corrected chi connectivity index (χ3v) is 3.56. The first-order chi connectivity index (χ1) is 10.5. The summed E-state index contributed by atoms with van der Waals surface area (Å²) in [5.41, 5.74) is 0.575. The average Bonchev–Trinajstić information content (AvgIpc) is 2.51. The molecule has 2 rings (SSSR count). The summed E-state index contributed by atoms with van der Waals surface area (Å²) < 4.78 is 10.5. The third kappa shape index (κ3) is 2.80. The van der Waals surface area contributed by atoms with Gasteiger partial charge in [-0.1, -0.05) is 12.1 Å². The van der Waals surface area contributed by atoms with Gasteiger partial charge in [0.2, 0.25) is 0 Å². The number of ether oxygens (including phenoxy) is 2. The summed E-state index contributed by atoms with van der Waals surface area (Å²) >= 11 is 4.99. The Balaban J connectivity index is 2.50. The molecule has 1 aliphatic rings. The number of nitrogens with one attached hydrogen (secondary N) is 1. The molecule has 0 atom stereocenters. The van der Waals surface area contributed by atoms with Gasteiger partial charge in [0, 0.05) is 12.1 Å². The van der Waals surface area contributed by atoms with Crippen molar-refractivity contribution < 1.29 is 19.1 Å². The van der Waals surface area contributed by atoms with Gasteiger partial charge >= 0.3 is 0 Å². The second kappa shape index (κ2) is 6.57. The fourth-order valence-electron chi connectivity index (χ4n) is 2.16. The number of para-hydroxylation sites is 1. The second-order valence-corrected chi connectivity index (χ2v) is 4.84. The Morgan fingerprint density at radius 2 is 2.00 bits per heavy atom. The quantitative estimate of drug-likeness (QED) is 0.515. The van der Waals surface area contributed by atoms with Gasteiger partial charge in [0.15, 0.2) is 16.6 Å². The Bertz CT molecular complexity index is 670. The van der Waals surface area contributed by atoms with E-state index in [1.807, 2.05) is 0 Å². The molecule has 0 saturated carbocycles. The van der Waals surface area contributed by atoms with Gasteiger partial charge in [0.25, 0.3) is 11.8 Å². The van der Waals surface area contributed by atoms with Crippen LogP contribution in [0, 0.1) is 0 Å². The van der Waals surface area contributed by atoms with Crippen LogP contribution in [0.25, 0.3) is 6.08 Å². The van der Waals surface area contributed by atoms with Crippen LogP contribution < -0.4 is 14.8 Å². The van der Waals surface area contributed by atoms with Crippen molar-refractivity contribution in [2.75, 3.05) is 20.8 Å². The van der Waals surface area contributed by atoms with E-state index in [9.17, 15) is 9.59 Å². The summed E-state index contributed by atoms with van der Waals surface area (Å²) in [4.78, 5) is 25.8. The molecule has 0 bridgehead atoms. The van der Waals surface area contributed by atoms with Gasteiger partial charge < -0.3 is 9.47 Å². The van der Waals surface area contributed by atoms with Crippen molar-refractivity contribution in [1.29, 1.82) is 0 Å². The van der Waals surface area contributed by atoms with E-state index in [1.54, 1.807) is 25.1 Å². The predicted molar refractivity (Wildman–Crippen MR) is 85.7 cm³/mol. The first-order valence-electron chi connectivity index (χ1n) is 6.63. The molecule has 0 aromatic heterocycles. The predicted octanol–water partition coefficient (Wildman–Crippen LogP) is 1.35. The van der Waals surface area contributed by atoms with E-state index in [2.05, 4.69) is 5.32 Å². The van der Waals surface area contributed by atoms with Crippen LogP contribution in [-0.4, -0.2) is 42.6 Å². The Morgan fingerprint density at radius 1 is 1.27 bits per heavy atom. The van der Waals surface area contributed by atoms with E-state index in [0.717, 1.165) is 0 Å². The fraction of sp³-hybridized carbons (Fsp3) is 0.267. The molecule has 116 valence electrons. The molecule has 1 heterocycles. The van der Waals surface area contributed by atoms with Crippen LogP contribution in [0.5, 0.6) is 11.5 Å². The lowest BCUT2D eigenvalue weighted by Crippen LogP contribution is -2.53. The number of nitrogens with zero attached hydrogens (tertiary/aromatic N) is 1. The molecule has 1 aromatic rings. The molecule has 0 radical (unpaired) electrons. The van der Waals surface area contributed by atoms with E-state index < -0.39 is 11.8 Å². The SMILES string of the molecule is CCN1C(=O)/C(=C/c2cccc(OC)c2OC)C(=O)NC1=S. The highest BCUT2D eigenvalue weighted by atomic mass is 32.1. The van der Waals surface area contributed by atoms with Crippen LogP contribution in [0.15, 0.2) is 23.8 Å². The van der Waals surface area contributed by atoms with Crippen molar-refractivity contribution in [1.82, 2.24) is 10.2 Å². The zero-order valence-corrected chi connectivity index (χ0v) is 13.3. The van der Waals surface area contributed by atoms with Gasteiger partial charge in [-0.15, -0.1) is 0 Å². The van der Waals surface area contributed by atoms with Gasteiger partial charge in [-0.05, 0) is 31.3 Å². The lowest BCUT2D eigenvalue weighted by atomic mass is 10.1. The zero-order chi connectivity index (χ0) is 16.3. The molecule has 2 amide bonds. The lowest BCUT2D eigenvalue weighted by molar-refractivity contribution is -0.128. The van der Waals surface area contributed by atoms with Crippen LogP contribution in [0.2, 0.25) is 0 Å². The van der Waals surface area contributed by atoms with Gasteiger partial charge in [0.05, 0.1) is 14.2 Å². The van der Waals surface area contributed by atoms with Crippen LogP contribution in [0.1, 0.15) is 12.5 Å². The topological polar surface area (TPSA) is 67.9 Å². The zero-order valence-electron chi connectivity index (χ0n) is 12.5. The van der Waals surface area contributed by atoms with Gasteiger partial charge in [-0.2, -0.15) is 0 Å². The normalized spacial score (nSPS) is 16.8. The molecule has 0 spiro atoms. The number of likely N-dealkylation sites (N-methyl/N-ethyl adjacent to an activating group) is 1. The molecule has 22 heavy (non-hydrogen) atoms. The molecular formula is C15H16N2O4S. The van der Waals surface area contributed by atoms with E-state index in [0.29, 0.717) is 23.6 Å². The molecule has 1 N–H and O–H groups in total. The number of thiocarbonyl (C=S) groups is 1. The molecule has 1 aromatic carbocycles. The molecule has 1 aliphatic heterocycles. The van der Waals surface area contributed by atoms with Gasteiger partial charge in [0.1, 0.15) is 5.57 Å². The molecular weight excluding hydrogens is 304 g/mol. The van der Waals surface area contributed by atoms with Crippen molar-refractivity contribution in [3.8, 4) is 11.5 Å². The van der Waals surface area contributed by atoms with Crippen LogP contribution in [-0.2, 0) is 9.59 Å². The molecule has 6 nitrogen and oxygen atoms in total. The van der Waals surface area contributed by atoms with E-state index in [1.165, 1.54) is 25.2 Å². The second-order valence-electron chi connectivity index (χ2n) is 4.45. The first kappa shape index (κ1) is 16.0. The van der Waals surface area contributed by atoms with Crippen molar-refractivity contribution in [3.63, 3.8) is 0 Å². The molecule has 0 aliphatic carbocycles. The minimum Gasteiger partial charge on any atom is -0.493 e. The van der Waals surface area contributed by atoms with Gasteiger partial charge in [-0.3, -0.25) is 19.8 Å². The fourth-order valence-corrected chi connectivity index (χ4v) is 2.47. The number of hydrogen-bond acceptors (Lipinski definition) is 5. The standard InChI is InChI=1S/C15H16N2O4S/c1-4-17-14(19)10(13(18)16-15(17)22)8-9-6-5-7-11(20-2)12(9)21-3/h5-8H,4H2,1-3H3,(H,16,18,22)/b10-8+. The number of amides is 2. The maximum atomic E-state index is 12.4. The van der Waals surface area contributed by atoms with E-state index in [4.69, 9.17) is 21.7 Å². The van der Waals surface area contributed by atoms with E-state index in [-0.39, 0.29) is 10.7 Å². The highest BCUT2D eigenvalue weighted by molar-refractivity contribution is 7.80. The maximum absolute atomic E-state index is 12.4.